The third-order valence-electron chi connectivity index (χ3n) is 3.71. The molecule has 0 fully saturated rings. The number of nitro groups is 1. The van der Waals surface area contributed by atoms with E-state index in [1.54, 1.807) is 24.3 Å². The molecule has 1 aliphatic rings. The van der Waals surface area contributed by atoms with Crippen LogP contribution in [0.15, 0.2) is 53.6 Å². The molecule has 27 heavy (non-hydrogen) atoms. The van der Waals surface area contributed by atoms with Gasteiger partial charge < -0.3 is 9.47 Å². The van der Waals surface area contributed by atoms with Gasteiger partial charge in [0.1, 0.15) is 5.75 Å². The van der Waals surface area contributed by atoms with Crippen molar-refractivity contribution in [3.8, 4) is 5.75 Å². The zero-order valence-electron chi connectivity index (χ0n) is 14.5. The molecule has 1 amide bonds. The molecule has 0 spiro atoms. The molecule has 2 aromatic rings. The van der Waals surface area contributed by atoms with Gasteiger partial charge in [-0.3, -0.25) is 19.7 Å². The minimum absolute atomic E-state index is 0.0454. The van der Waals surface area contributed by atoms with Gasteiger partial charge >= 0.3 is 5.97 Å². The summed E-state index contributed by atoms with van der Waals surface area (Å²) in [5.74, 6) is -0.992. The largest absolute Gasteiger partial charge is 0.446 e. The lowest BCUT2D eigenvalue weighted by Crippen LogP contribution is -2.25. The zero-order valence-corrected chi connectivity index (χ0v) is 14.5. The van der Waals surface area contributed by atoms with Crippen molar-refractivity contribution in [2.24, 2.45) is 5.10 Å². The van der Waals surface area contributed by atoms with Gasteiger partial charge in [0.25, 0.3) is 5.69 Å². The fourth-order valence-electron chi connectivity index (χ4n) is 2.55. The predicted molar refractivity (Wildman–Crippen MR) is 93.7 cm³/mol. The normalized spacial score (nSPS) is 15.7. The Morgan fingerprint density at radius 3 is 2.48 bits per heavy atom. The fraction of sp³-hybridized carbons (Fsp3) is 0.167. The number of carbonyl (C=O) groups excluding carboxylic acids is 2. The summed E-state index contributed by atoms with van der Waals surface area (Å²) in [5, 5.41) is 16.4. The lowest BCUT2D eigenvalue weighted by molar-refractivity contribution is -0.384. The fourth-order valence-corrected chi connectivity index (χ4v) is 2.55. The Balaban J connectivity index is 2.05. The molecule has 0 aliphatic carbocycles. The first-order valence-corrected chi connectivity index (χ1v) is 7.94. The second-order valence-corrected chi connectivity index (χ2v) is 5.68. The molecule has 2 aromatic carbocycles. The molecule has 138 valence electrons. The van der Waals surface area contributed by atoms with E-state index in [4.69, 9.17) is 9.47 Å². The molecule has 9 heteroatoms. The molecule has 0 unspecified atom stereocenters. The number of ether oxygens (including phenoxy) is 2. The second-order valence-electron chi connectivity index (χ2n) is 5.68. The molecule has 0 saturated heterocycles. The number of amides is 1. The SMILES string of the molecule is CC(=O)Oc1ccc([N+](=O)[O-])cc1C1=NN(C(C)=O)[C@H](c2ccccc2)O1. The van der Waals surface area contributed by atoms with Gasteiger partial charge in [-0.25, -0.2) is 0 Å². The minimum atomic E-state index is -0.830. The Kier molecular flexibility index (Phi) is 4.84. The zero-order chi connectivity index (χ0) is 19.6. The van der Waals surface area contributed by atoms with Gasteiger partial charge in [-0.15, -0.1) is 5.10 Å². The van der Waals surface area contributed by atoms with Crippen LogP contribution in [0, 0.1) is 10.1 Å². The van der Waals surface area contributed by atoms with Gasteiger partial charge in [0.2, 0.25) is 18.0 Å². The van der Waals surface area contributed by atoms with Crippen LogP contribution in [0.5, 0.6) is 5.75 Å². The van der Waals surface area contributed by atoms with Gasteiger partial charge in [0.15, 0.2) is 0 Å². The standard InChI is InChI=1S/C18H15N3O6/c1-11(22)20-18(13-6-4-3-5-7-13)27-17(19-20)15-10-14(21(24)25)8-9-16(15)26-12(2)23/h3-10,18H,1-2H3/t18-/m0/s1. The van der Waals surface area contributed by atoms with Crippen molar-refractivity contribution in [2.75, 3.05) is 0 Å². The molecule has 0 radical (unpaired) electrons. The first kappa shape index (κ1) is 18.1. The summed E-state index contributed by atoms with van der Waals surface area (Å²) in [6, 6.07) is 12.6. The molecule has 0 bridgehead atoms. The molecule has 0 aromatic heterocycles. The van der Waals surface area contributed by atoms with Crippen molar-refractivity contribution in [3.63, 3.8) is 0 Å². The van der Waals surface area contributed by atoms with Crippen LogP contribution >= 0.6 is 0 Å². The van der Waals surface area contributed by atoms with E-state index in [2.05, 4.69) is 5.10 Å². The summed E-state index contributed by atoms with van der Waals surface area (Å²) >= 11 is 0. The maximum Gasteiger partial charge on any atom is 0.308 e. The Bertz CT molecular complexity index is 941. The van der Waals surface area contributed by atoms with Crippen molar-refractivity contribution >= 4 is 23.5 Å². The highest BCUT2D eigenvalue weighted by atomic mass is 16.6. The number of hydrazone groups is 1. The van der Waals surface area contributed by atoms with Gasteiger partial charge in [-0.2, -0.15) is 5.01 Å². The monoisotopic (exact) mass is 369 g/mol. The highest BCUT2D eigenvalue weighted by molar-refractivity contribution is 6.00. The smallest absolute Gasteiger partial charge is 0.308 e. The number of hydrogen-bond donors (Lipinski definition) is 0. The number of nitrogens with zero attached hydrogens (tertiary/aromatic N) is 3. The summed E-state index contributed by atoms with van der Waals surface area (Å²) in [6.45, 7) is 2.53. The summed E-state index contributed by atoms with van der Waals surface area (Å²) in [4.78, 5) is 33.9. The maximum atomic E-state index is 12.0. The lowest BCUT2D eigenvalue weighted by Gasteiger charge is -2.19. The average molecular weight is 369 g/mol. The van der Waals surface area contributed by atoms with E-state index in [9.17, 15) is 19.7 Å². The van der Waals surface area contributed by atoms with Crippen LogP contribution < -0.4 is 4.74 Å². The van der Waals surface area contributed by atoms with Crippen LogP contribution in [0.25, 0.3) is 0 Å². The molecule has 1 aliphatic heterocycles. The summed E-state index contributed by atoms with van der Waals surface area (Å²) in [7, 11) is 0. The van der Waals surface area contributed by atoms with Crippen molar-refractivity contribution in [3.05, 3.63) is 69.8 Å². The van der Waals surface area contributed by atoms with Gasteiger partial charge in [-0.05, 0) is 6.07 Å². The molecule has 1 heterocycles. The Hall–Kier alpha value is -3.75. The van der Waals surface area contributed by atoms with E-state index in [0.29, 0.717) is 5.56 Å². The van der Waals surface area contributed by atoms with Crippen LogP contribution in [-0.2, 0) is 14.3 Å². The molecule has 1 atom stereocenters. The van der Waals surface area contributed by atoms with E-state index in [1.165, 1.54) is 32.0 Å². The van der Waals surface area contributed by atoms with Gasteiger partial charge in [0.05, 0.1) is 10.5 Å². The first-order valence-electron chi connectivity index (χ1n) is 7.94. The van der Waals surface area contributed by atoms with Gasteiger partial charge in [0, 0.05) is 31.5 Å². The van der Waals surface area contributed by atoms with Crippen LogP contribution in [0.1, 0.15) is 31.2 Å². The third-order valence-corrected chi connectivity index (χ3v) is 3.71. The van der Waals surface area contributed by atoms with Crippen molar-refractivity contribution in [1.29, 1.82) is 0 Å². The van der Waals surface area contributed by atoms with E-state index in [0.717, 1.165) is 5.01 Å². The predicted octanol–water partition coefficient (Wildman–Crippen LogP) is 2.76. The van der Waals surface area contributed by atoms with Crippen LogP contribution in [0.3, 0.4) is 0 Å². The quantitative estimate of drug-likeness (QED) is 0.355. The number of nitro benzene ring substituents is 1. The lowest BCUT2D eigenvalue weighted by atomic mass is 10.1. The van der Waals surface area contributed by atoms with Crippen molar-refractivity contribution < 1.29 is 24.0 Å². The summed E-state index contributed by atoms with van der Waals surface area (Å²) in [6.07, 6.45) is -0.830. The summed E-state index contributed by atoms with van der Waals surface area (Å²) < 4.78 is 10.9. The Labute approximate surface area is 154 Å². The van der Waals surface area contributed by atoms with Crippen LogP contribution in [0.4, 0.5) is 5.69 Å². The maximum absolute atomic E-state index is 12.0. The number of rotatable bonds is 4. The number of benzene rings is 2. The van der Waals surface area contributed by atoms with Crippen LogP contribution in [0.2, 0.25) is 0 Å². The molecular formula is C18H15N3O6. The van der Waals surface area contributed by atoms with E-state index < -0.39 is 17.1 Å². The van der Waals surface area contributed by atoms with Crippen LogP contribution in [-0.4, -0.2) is 27.7 Å². The summed E-state index contributed by atoms with van der Waals surface area (Å²) in [5.41, 5.74) is 0.541. The van der Waals surface area contributed by atoms with E-state index in [-0.39, 0.29) is 28.8 Å². The molecule has 9 nitrogen and oxygen atoms in total. The van der Waals surface area contributed by atoms with E-state index in [1.807, 2.05) is 6.07 Å². The topological polar surface area (TPSA) is 111 Å². The third kappa shape index (κ3) is 3.76. The number of non-ortho nitro benzene ring substituents is 1. The first-order chi connectivity index (χ1) is 12.9. The molecule has 3 rings (SSSR count). The van der Waals surface area contributed by atoms with Crippen molar-refractivity contribution in [2.45, 2.75) is 20.1 Å². The molecular weight excluding hydrogens is 354 g/mol. The van der Waals surface area contributed by atoms with E-state index >= 15 is 0 Å². The Morgan fingerprint density at radius 2 is 1.89 bits per heavy atom. The van der Waals surface area contributed by atoms with Crippen molar-refractivity contribution in [1.82, 2.24) is 5.01 Å². The number of carbonyl (C=O) groups is 2. The number of hydrogen-bond acceptors (Lipinski definition) is 7. The molecule has 0 saturated carbocycles. The highest BCUT2D eigenvalue weighted by Crippen LogP contribution is 2.34. The number of esters is 1. The second kappa shape index (κ2) is 7.24. The Morgan fingerprint density at radius 1 is 1.19 bits per heavy atom. The average Bonchev–Trinajstić information content (AvgIpc) is 3.07. The highest BCUT2D eigenvalue weighted by Gasteiger charge is 2.34. The molecule has 0 N–H and O–H groups in total. The minimum Gasteiger partial charge on any atom is -0.446 e. The van der Waals surface area contributed by atoms with Gasteiger partial charge in [-0.1, -0.05) is 30.3 Å².